The molecule has 3 aromatic rings. The van der Waals surface area contributed by atoms with Gasteiger partial charge >= 0.3 is 0 Å². The van der Waals surface area contributed by atoms with E-state index < -0.39 is 0 Å². The molecule has 3 aromatic carbocycles. The molecule has 0 fully saturated rings. The summed E-state index contributed by atoms with van der Waals surface area (Å²) in [5, 5.41) is 3.06. The number of ether oxygens (including phenoxy) is 1. The maximum atomic E-state index is 13.1. The number of rotatable bonds is 8. The second-order valence-corrected chi connectivity index (χ2v) is 7.98. The van der Waals surface area contributed by atoms with Gasteiger partial charge in [0, 0.05) is 12.1 Å². The van der Waals surface area contributed by atoms with Crippen LogP contribution in [0.2, 0.25) is 0 Å². The van der Waals surface area contributed by atoms with Crippen molar-refractivity contribution in [2.45, 2.75) is 47.3 Å². The summed E-state index contributed by atoms with van der Waals surface area (Å²) in [6, 6.07) is 24.3. The smallest absolute Gasteiger partial charge is 0.252 e. The van der Waals surface area contributed by atoms with Crippen molar-refractivity contribution in [3.8, 4) is 5.75 Å². The molecule has 3 rings (SSSR count). The van der Waals surface area contributed by atoms with Crippen LogP contribution in [0, 0.1) is 6.92 Å². The first kappa shape index (κ1) is 22.4. The zero-order valence-electron chi connectivity index (χ0n) is 18.9. The molecule has 3 nitrogen and oxygen atoms in total. The molecule has 0 unspecified atom stereocenters. The topological polar surface area (TPSA) is 38.3 Å². The summed E-state index contributed by atoms with van der Waals surface area (Å²) in [6.07, 6.45) is 1.00. The molecule has 160 valence electrons. The van der Waals surface area contributed by atoms with Crippen molar-refractivity contribution in [3.63, 3.8) is 0 Å². The molecule has 0 aliphatic carbocycles. The van der Waals surface area contributed by atoms with E-state index in [1.54, 1.807) is 0 Å². The normalized spacial score (nSPS) is 10.5. The third-order valence-electron chi connectivity index (χ3n) is 5.31. The van der Waals surface area contributed by atoms with Crippen LogP contribution in [0.1, 0.15) is 48.6 Å². The van der Waals surface area contributed by atoms with Crippen LogP contribution in [0.15, 0.2) is 78.4 Å². The van der Waals surface area contributed by atoms with Gasteiger partial charge in [-0.3, -0.25) is 4.79 Å². The number of hydrogen-bond donors (Lipinski definition) is 1. The molecule has 0 aliphatic rings. The Labute approximate surface area is 185 Å². The number of aryl methyl sites for hydroxylation is 2. The monoisotopic (exact) mass is 413 g/mol. The zero-order chi connectivity index (χ0) is 22.2. The van der Waals surface area contributed by atoms with Crippen LogP contribution in [0.25, 0.3) is 5.57 Å². The highest BCUT2D eigenvalue weighted by Gasteiger charge is 2.17. The summed E-state index contributed by atoms with van der Waals surface area (Å²) in [5.41, 5.74) is 7.15. The number of amides is 1. The fourth-order valence-corrected chi connectivity index (χ4v) is 3.55. The highest BCUT2D eigenvalue weighted by Crippen LogP contribution is 2.27. The maximum Gasteiger partial charge on any atom is 0.252 e. The minimum absolute atomic E-state index is 0.0697. The van der Waals surface area contributed by atoms with E-state index in [1.165, 1.54) is 5.56 Å². The average molecular weight is 414 g/mol. The molecule has 0 heterocycles. The lowest BCUT2D eigenvalue weighted by Gasteiger charge is -2.16. The highest BCUT2D eigenvalue weighted by molar-refractivity contribution is 6.20. The summed E-state index contributed by atoms with van der Waals surface area (Å²) in [5.74, 6) is 0.692. The molecule has 0 aromatic heterocycles. The van der Waals surface area contributed by atoms with E-state index in [0.29, 0.717) is 18.7 Å². The highest BCUT2D eigenvalue weighted by atomic mass is 16.5. The van der Waals surface area contributed by atoms with Crippen molar-refractivity contribution >= 4 is 11.5 Å². The first-order valence-corrected chi connectivity index (χ1v) is 10.8. The maximum absolute atomic E-state index is 13.1. The SMILES string of the molecule is CCc1cccc(COc2ccc(C)c(C(C(=O)NCc3ccccc3)=C(C)C)c2)c1. The van der Waals surface area contributed by atoms with Gasteiger partial charge in [-0.15, -0.1) is 0 Å². The summed E-state index contributed by atoms with van der Waals surface area (Å²) in [4.78, 5) is 13.1. The molecule has 0 saturated heterocycles. The van der Waals surface area contributed by atoms with Crippen molar-refractivity contribution in [2.75, 3.05) is 0 Å². The first-order valence-electron chi connectivity index (χ1n) is 10.8. The lowest BCUT2D eigenvalue weighted by Crippen LogP contribution is -2.24. The van der Waals surface area contributed by atoms with Gasteiger partial charge in [0.15, 0.2) is 0 Å². The van der Waals surface area contributed by atoms with E-state index in [1.807, 2.05) is 69.3 Å². The molecule has 0 spiro atoms. The third kappa shape index (κ3) is 6.08. The van der Waals surface area contributed by atoms with Crippen LogP contribution in [-0.4, -0.2) is 5.91 Å². The molecular formula is C28H31NO2. The fourth-order valence-electron chi connectivity index (χ4n) is 3.55. The van der Waals surface area contributed by atoms with E-state index in [4.69, 9.17) is 4.74 Å². The minimum atomic E-state index is -0.0697. The number of nitrogens with one attached hydrogen (secondary N) is 1. The molecule has 0 bridgehead atoms. The van der Waals surface area contributed by atoms with E-state index in [9.17, 15) is 4.79 Å². The molecular weight excluding hydrogens is 382 g/mol. The summed E-state index contributed by atoms with van der Waals surface area (Å²) >= 11 is 0. The summed E-state index contributed by atoms with van der Waals surface area (Å²) in [6.45, 7) is 9.12. The van der Waals surface area contributed by atoms with Crippen molar-refractivity contribution < 1.29 is 9.53 Å². The van der Waals surface area contributed by atoms with Crippen molar-refractivity contribution in [1.29, 1.82) is 0 Å². The molecule has 1 amide bonds. The standard InChI is InChI=1S/C28H31NO2/c1-5-22-12-9-13-24(16-22)19-31-25-15-14-21(4)26(17-25)27(20(2)3)28(30)29-18-23-10-7-6-8-11-23/h6-17H,5,18-19H2,1-4H3,(H,29,30). The van der Waals surface area contributed by atoms with Crippen molar-refractivity contribution in [1.82, 2.24) is 5.32 Å². The molecule has 3 heteroatoms. The van der Waals surface area contributed by atoms with E-state index >= 15 is 0 Å². The van der Waals surface area contributed by atoms with Gasteiger partial charge in [0.1, 0.15) is 12.4 Å². The van der Waals surface area contributed by atoms with Crippen LogP contribution < -0.4 is 10.1 Å². The van der Waals surface area contributed by atoms with Crippen molar-refractivity contribution in [2.24, 2.45) is 0 Å². The van der Waals surface area contributed by atoms with Gasteiger partial charge in [0.25, 0.3) is 5.91 Å². The third-order valence-corrected chi connectivity index (χ3v) is 5.31. The van der Waals surface area contributed by atoms with E-state index in [-0.39, 0.29) is 5.91 Å². The zero-order valence-corrected chi connectivity index (χ0v) is 18.9. The Morgan fingerprint density at radius 2 is 1.58 bits per heavy atom. The largest absolute Gasteiger partial charge is 0.489 e. The first-order chi connectivity index (χ1) is 15.0. The summed E-state index contributed by atoms with van der Waals surface area (Å²) in [7, 11) is 0. The van der Waals surface area contributed by atoms with E-state index in [0.717, 1.165) is 40.0 Å². The van der Waals surface area contributed by atoms with Gasteiger partial charge in [-0.25, -0.2) is 0 Å². The Bertz CT molecular complexity index is 1060. The number of benzene rings is 3. The number of allylic oxidation sites excluding steroid dienone is 1. The Kier molecular flexibility index (Phi) is 7.66. The van der Waals surface area contributed by atoms with Crippen LogP contribution in [0.5, 0.6) is 5.75 Å². The van der Waals surface area contributed by atoms with Crippen LogP contribution in [0.4, 0.5) is 0 Å². The van der Waals surface area contributed by atoms with Gasteiger partial charge in [0.05, 0.1) is 0 Å². The number of carbonyl (C=O) groups is 1. The van der Waals surface area contributed by atoms with E-state index in [2.05, 4.69) is 36.5 Å². The van der Waals surface area contributed by atoms with Crippen LogP contribution >= 0.6 is 0 Å². The number of hydrogen-bond acceptors (Lipinski definition) is 2. The van der Waals surface area contributed by atoms with Gasteiger partial charge < -0.3 is 10.1 Å². The average Bonchev–Trinajstić information content (AvgIpc) is 2.78. The van der Waals surface area contributed by atoms with Crippen molar-refractivity contribution in [3.05, 3.63) is 106 Å². The molecule has 31 heavy (non-hydrogen) atoms. The van der Waals surface area contributed by atoms with Gasteiger partial charge in [-0.05, 0) is 67.1 Å². The molecule has 0 radical (unpaired) electrons. The number of carbonyl (C=O) groups excluding carboxylic acids is 1. The molecule has 1 N–H and O–H groups in total. The second kappa shape index (κ2) is 10.6. The Balaban J connectivity index is 1.77. The predicted molar refractivity (Wildman–Crippen MR) is 128 cm³/mol. The van der Waals surface area contributed by atoms with Gasteiger partial charge in [0.2, 0.25) is 0 Å². The van der Waals surface area contributed by atoms with Gasteiger partial charge in [-0.2, -0.15) is 0 Å². The van der Waals surface area contributed by atoms with Gasteiger partial charge in [-0.1, -0.05) is 73.2 Å². The fraction of sp³-hybridized carbons (Fsp3) is 0.250. The Morgan fingerprint density at radius 1 is 0.871 bits per heavy atom. The molecule has 0 aliphatic heterocycles. The second-order valence-electron chi connectivity index (χ2n) is 7.98. The lowest BCUT2D eigenvalue weighted by molar-refractivity contribution is -0.115. The molecule has 0 atom stereocenters. The Hall–Kier alpha value is -3.33. The van der Waals surface area contributed by atoms with Crippen LogP contribution in [0.3, 0.4) is 0 Å². The predicted octanol–water partition coefficient (Wildman–Crippen LogP) is 6.25. The Morgan fingerprint density at radius 3 is 2.29 bits per heavy atom. The summed E-state index contributed by atoms with van der Waals surface area (Å²) < 4.78 is 6.07. The quantitative estimate of drug-likeness (QED) is 0.444. The lowest BCUT2D eigenvalue weighted by atomic mass is 9.96. The van der Waals surface area contributed by atoms with Crippen LogP contribution in [-0.2, 0) is 24.4 Å². The molecule has 0 saturated carbocycles. The minimum Gasteiger partial charge on any atom is -0.489 e.